The Morgan fingerprint density at radius 2 is 1.22 bits per heavy atom. The Balaban J connectivity index is 0.000000728. The van der Waals surface area contributed by atoms with Crippen molar-refractivity contribution in [1.82, 2.24) is 14.7 Å². The van der Waals surface area contributed by atoms with E-state index in [0.717, 1.165) is 11.3 Å². The van der Waals surface area contributed by atoms with Gasteiger partial charge in [-0.3, -0.25) is 0 Å². The summed E-state index contributed by atoms with van der Waals surface area (Å²) in [6, 6.07) is 0. The van der Waals surface area contributed by atoms with Crippen molar-refractivity contribution in [3.63, 3.8) is 0 Å². The molecule has 0 aliphatic carbocycles. The Bertz CT molecular complexity index is 258. The fourth-order valence-corrected chi connectivity index (χ4v) is 4.08. The maximum Gasteiger partial charge on any atom is 0.0212 e. The highest BCUT2D eigenvalue weighted by molar-refractivity contribution is 5.04. The summed E-state index contributed by atoms with van der Waals surface area (Å²) in [6.07, 6.45) is 4.30. The fourth-order valence-electron chi connectivity index (χ4n) is 4.08. The van der Waals surface area contributed by atoms with E-state index in [9.17, 15) is 0 Å². The molecule has 0 aromatic heterocycles. The van der Waals surface area contributed by atoms with Gasteiger partial charge in [0.1, 0.15) is 0 Å². The maximum atomic E-state index is 2.69. The summed E-state index contributed by atoms with van der Waals surface area (Å²) in [5, 5.41) is 0. The molecule has 0 atom stereocenters. The van der Waals surface area contributed by atoms with Crippen LogP contribution in [-0.4, -0.2) is 74.6 Å². The van der Waals surface area contributed by atoms with E-state index in [4.69, 9.17) is 0 Å². The summed E-state index contributed by atoms with van der Waals surface area (Å²) in [5.41, 5.74) is 0.724. The minimum absolute atomic E-state index is 0.724. The smallest absolute Gasteiger partial charge is 0.0212 e. The van der Waals surface area contributed by atoms with Gasteiger partial charge in [-0.15, -0.1) is 0 Å². The highest BCUT2D eigenvalue weighted by Gasteiger charge is 2.49. The van der Waals surface area contributed by atoms with Gasteiger partial charge in [-0.05, 0) is 58.9 Å². The maximum absolute atomic E-state index is 2.69. The van der Waals surface area contributed by atoms with Crippen molar-refractivity contribution in [2.24, 2.45) is 11.3 Å². The molecule has 0 N–H and O–H groups in total. The van der Waals surface area contributed by atoms with Crippen molar-refractivity contribution < 1.29 is 0 Å². The van der Waals surface area contributed by atoms with Gasteiger partial charge in [0, 0.05) is 31.6 Å². The summed E-state index contributed by atoms with van der Waals surface area (Å²) in [7, 11) is 4.49. The largest absolute Gasteiger partial charge is 0.306 e. The van der Waals surface area contributed by atoms with Crippen molar-refractivity contribution in [2.45, 2.75) is 60.8 Å². The third-order valence-corrected chi connectivity index (χ3v) is 5.02. The molecule has 0 unspecified atom stereocenters. The number of hydrogen-bond donors (Lipinski definition) is 0. The fraction of sp³-hybridized carbons (Fsp3) is 1.00. The number of rotatable bonds is 3. The highest BCUT2D eigenvalue weighted by atomic mass is 15.3. The molecule has 0 saturated carbocycles. The number of likely N-dealkylation sites (tertiary alicyclic amines) is 3. The first-order valence-corrected chi connectivity index (χ1v) is 10.2. The molecule has 3 aliphatic rings. The number of nitrogens with zero attached hydrogens (tertiary/aromatic N) is 3. The van der Waals surface area contributed by atoms with Crippen LogP contribution >= 0.6 is 0 Å². The normalized spacial score (nSPS) is 24.0. The van der Waals surface area contributed by atoms with E-state index in [1.165, 1.54) is 65.1 Å². The Kier molecular flexibility index (Phi) is 12.2. The summed E-state index contributed by atoms with van der Waals surface area (Å²) >= 11 is 0. The van der Waals surface area contributed by atoms with Crippen LogP contribution in [0.3, 0.4) is 0 Å². The van der Waals surface area contributed by atoms with E-state index in [2.05, 4.69) is 28.8 Å². The van der Waals surface area contributed by atoms with E-state index in [1.807, 2.05) is 41.5 Å². The summed E-state index contributed by atoms with van der Waals surface area (Å²) < 4.78 is 0. The first-order valence-electron chi connectivity index (χ1n) is 10.2. The van der Waals surface area contributed by atoms with Crippen LogP contribution in [0.4, 0.5) is 0 Å². The Morgan fingerprint density at radius 1 is 0.739 bits per heavy atom. The standard InChI is InChI=1S/C14H27N3.3C2H6/c1-15-6-3-13(4-7-15)5-8-17-11-14(12-17)9-16(2)10-14;3*1-2/h13H,3-12H2,1-2H3;3*1-2H3. The van der Waals surface area contributed by atoms with Crippen LogP contribution < -0.4 is 0 Å². The summed E-state index contributed by atoms with van der Waals surface area (Å²) in [5.74, 6) is 1.01. The number of piperidine rings is 1. The van der Waals surface area contributed by atoms with Crippen molar-refractivity contribution in [1.29, 1.82) is 0 Å². The van der Waals surface area contributed by atoms with Crippen LogP contribution in [0.5, 0.6) is 0 Å². The van der Waals surface area contributed by atoms with Gasteiger partial charge in [0.25, 0.3) is 0 Å². The van der Waals surface area contributed by atoms with Crippen LogP contribution in [0.1, 0.15) is 60.8 Å². The monoisotopic (exact) mass is 327 g/mol. The Labute approximate surface area is 147 Å². The van der Waals surface area contributed by atoms with Gasteiger partial charge in [0.15, 0.2) is 0 Å². The third kappa shape index (κ3) is 7.11. The van der Waals surface area contributed by atoms with Gasteiger partial charge >= 0.3 is 0 Å². The molecule has 3 saturated heterocycles. The molecule has 3 nitrogen and oxygen atoms in total. The average molecular weight is 328 g/mol. The molecule has 140 valence electrons. The van der Waals surface area contributed by atoms with Crippen molar-refractivity contribution in [3.8, 4) is 0 Å². The molecule has 3 fully saturated rings. The third-order valence-electron chi connectivity index (χ3n) is 5.02. The van der Waals surface area contributed by atoms with Gasteiger partial charge < -0.3 is 14.7 Å². The van der Waals surface area contributed by atoms with E-state index < -0.39 is 0 Å². The Morgan fingerprint density at radius 3 is 1.65 bits per heavy atom. The minimum Gasteiger partial charge on any atom is -0.306 e. The first-order chi connectivity index (χ1) is 11.2. The van der Waals surface area contributed by atoms with E-state index in [-0.39, 0.29) is 0 Å². The second kappa shape index (κ2) is 12.3. The second-order valence-electron chi connectivity index (χ2n) is 6.92. The van der Waals surface area contributed by atoms with Crippen LogP contribution in [0, 0.1) is 11.3 Å². The predicted molar refractivity (Wildman–Crippen MR) is 105 cm³/mol. The van der Waals surface area contributed by atoms with E-state index >= 15 is 0 Å². The predicted octanol–water partition coefficient (Wildman–Crippen LogP) is 4.04. The second-order valence-corrected chi connectivity index (χ2v) is 6.92. The summed E-state index contributed by atoms with van der Waals surface area (Å²) in [4.78, 5) is 7.61. The summed E-state index contributed by atoms with van der Waals surface area (Å²) in [6.45, 7) is 21.4. The lowest BCUT2D eigenvalue weighted by atomic mass is 9.73. The molecule has 0 aromatic carbocycles. The molecule has 23 heavy (non-hydrogen) atoms. The molecule has 0 amide bonds. The molecule has 3 heterocycles. The average Bonchev–Trinajstić information content (AvgIpc) is 2.55. The lowest BCUT2D eigenvalue weighted by molar-refractivity contribution is -0.105. The van der Waals surface area contributed by atoms with E-state index in [0.29, 0.717) is 0 Å². The molecule has 0 aromatic rings. The molecular formula is C20H45N3. The van der Waals surface area contributed by atoms with Crippen LogP contribution in [0.25, 0.3) is 0 Å². The van der Waals surface area contributed by atoms with Gasteiger partial charge in [-0.25, -0.2) is 0 Å². The number of hydrogen-bond acceptors (Lipinski definition) is 3. The lowest BCUT2D eigenvalue weighted by Crippen LogP contribution is -2.71. The van der Waals surface area contributed by atoms with Gasteiger partial charge in [0.2, 0.25) is 0 Å². The zero-order valence-corrected chi connectivity index (χ0v) is 17.5. The highest BCUT2D eigenvalue weighted by Crippen LogP contribution is 2.38. The molecule has 0 radical (unpaired) electrons. The molecule has 3 heteroatoms. The van der Waals surface area contributed by atoms with Crippen molar-refractivity contribution in [3.05, 3.63) is 0 Å². The van der Waals surface area contributed by atoms with Crippen LogP contribution in [-0.2, 0) is 0 Å². The quantitative estimate of drug-likeness (QED) is 0.774. The molecular weight excluding hydrogens is 282 g/mol. The van der Waals surface area contributed by atoms with Crippen molar-refractivity contribution in [2.75, 3.05) is 59.9 Å². The van der Waals surface area contributed by atoms with Gasteiger partial charge in [0.05, 0.1) is 0 Å². The van der Waals surface area contributed by atoms with Gasteiger partial charge in [-0.1, -0.05) is 41.5 Å². The van der Waals surface area contributed by atoms with Crippen LogP contribution in [0.2, 0.25) is 0 Å². The zero-order valence-electron chi connectivity index (χ0n) is 17.5. The zero-order chi connectivity index (χ0) is 17.9. The van der Waals surface area contributed by atoms with Crippen LogP contribution in [0.15, 0.2) is 0 Å². The molecule has 3 aliphatic heterocycles. The van der Waals surface area contributed by atoms with E-state index in [1.54, 1.807) is 0 Å². The molecule has 3 rings (SSSR count). The topological polar surface area (TPSA) is 9.72 Å². The molecule has 1 spiro atoms. The Hall–Kier alpha value is -0.120. The SMILES string of the molecule is CC.CC.CC.CN1CCC(CCN2CC3(CN(C)C3)C2)CC1. The van der Waals surface area contributed by atoms with Crippen molar-refractivity contribution >= 4 is 0 Å². The van der Waals surface area contributed by atoms with Gasteiger partial charge in [-0.2, -0.15) is 0 Å². The minimum atomic E-state index is 0.724. The lowest BCUT2D eigenvalue weighted by Gasteiger charge is -2.60. The molecule has 0 bridgehead atoms. The first kappa shape index (κ1) is 22.9.